The Kier molecular flexibility index (Phi) is 5.68. The number of nitrogens with one attached hydrogen (secondary N) is 1. The van der Waals surface area contributed by atoms with Crippen LogP contribution in [0.15, 0.2) is 23.4 Å². The lowest BCUT2D eigenvalue weighted by Crippen LogP contribution is -2.56. The second-order valence-corrected chi connectivity index (χ2v) is 11.9. The molecule has 36 heavy (non-hydrogen) atoms. The van der Waals surface area contributed by atoms with Crippen LogP contribution in [-0.2, 0) is 14.8 Å². The van der Waals surface area contributed by atoms with Crippen molar-refractivity contribution in [1.29, 1.82) is 5.26 Å². The van der Waals surface area contributed by atoms with E-state index < -0.39 is 27.0 Å². The average Bonchev–Trinajstić information content (AvgIpc) is 3.26. The standard InChI is InChI=1S/C21H22F2N8O3S2/c22-17(23)20-27-26-19(35-20)16-8-25-18-15(29-4-5-30-12-34-6-1-13(30)9-29)7-14(10-31(16)18)36(32,33)28-21(11-24)2-3-21/h7-8,10,13,17,28H,1-6,9,12H2/t13-/m1/s1. The smallest absolute Gasteiger partial charge is 0.291 e. The van der Waals surface area contributed by atoms with E-state index in [9.17, 15) is 22.5 Å². The molecule has 190 valence electrons. The summed E-state index contributed by atoms with van der Waals surface area (Å²) in [5, 5.41) is 16.6. The van der Waals surface area contributed by atoms with Crippen LogP contribution in [0.2, 0.25) is 0 Å². The molecule has 11 nitrogen and oxygen atoms in total. The van der Waals surface area contributed by atoms with Gasteiger partial charge in [0, 0.05) is 38.5 Å². The number of fused-ring (bicyclic) bond motifs is 2. The van der Waals surface area contributed by atoms with Crippen LogP contribution in [-0.4, -0.2) is 77.5 Å². The van der Waals surface area contributed by atoms with Crippen molar-refractivity contribution in [3.8, 4) is 16.8 Å². The molecule has 2 aliphatic heterocycles. The fourth-order valence-corrected chi connectivity index (χ4v) is 6.74. The molecule has 0 amide bonds. The van der Waals surface area contributed by atoms with Gasteiger partial charge in [0.05, 0.1) is 24.7 Å². The third-order valence-electron chi connectivity index (χ3n) is 6.81. The van der Waals surface area contributed by atoms with Gasteiger partial charge in [-0.15, -0.1) is 10.2 Å². The quantitative estimate of drug-likeness (QED) is 0.503. The summed E-state index contributed by atoms with van der Waals surface area (Å²) in [5.41, 5.74) is 0.361. The minimum atomic E-state index is -4.06. The lowest BCUT2D eigenvalue weighted by atomic mass is 10.1. The van der Waals surface area contributed by atoms with Crippen LogP contribution in [0.1, 0.15) is 30.7 Å². The Morgan fingerprint density at radius 3 is 2.86 bits per heavy atom. The molecule has 1 N–H and O–H groups in total. The lowest BCUT2D eigenvalue weighted by molar-refractivity contribution is -0.0511. The Labute approximate surface area is 209 Å². The number of nitrogens with zero attached hydrogens (tertiary/aromatic N) is 7. The predicted octanol–water partition coefficient (Wildman–Crippen LogP) is 1.99. The van der Waals surface area contributed by atoms with E-state index in [0.717, 1.165) is 24.3 Å². The van der Waals surface area contributed by atoms with Crippen molar-refractivity contribution in [3.05, 3.63) is 23.5 Å². The number of rotatable bonds is 6. The zero-order valence-corrected chi connectivity index (χ0v) is 20.6. The molecule has 5 heterocycles. The number of halogens is 2. The molecule has 6 rings (SSSR count). The lowest BCUT2D eigenvalue weighted by Gasteiger charge is -2.44. The highest BCUT2D eigenvalue weighted by molar-refractivity contribution is 7.89. The van der Waals surface area contributed by atoms with E-state index in [1.54, 1.807) is 10.5 Å². The first-order valence-electron chi connectivity index (χ1n) is 11.4. The zero-order valence-electron chi connectivity index (χ0n) is 19.0. The molecule has 0 bridgehead atoms. The molecule has 3 aromatic heterocycles. The summed E-state index contributed by atoms with van der Waals surface area (Å²) in [5.74, 6) is 0. The second kappa shape index (κ2) is 8.67. The summed E-state index contributed by atoms with van der Waals surface area (Å²) in [6, 6.07) is 3.87. The molecule has 3 aliphatic rings. The largest absolute Gasteiger partial charge is 0.366 e. The topological polar surface area (TPSA) is 129 Å². The molecule has 0 spiro atoms. The number of hydrogen-bond donors (Lipinski definition) is 1. The zero-order chi connectivity index (χ0) is 25.1. The van der Waals surface area contributed by atoms with Crippen LogP contribution in [0.5, 0.6) is 0 Å². The summed E-state index contributed by atoms with van der Waals surface area (Å²) >= 11 is 0.732. The molecule has 15 heteroatoms. The van der Waals surface area contributed by atoms with Crippen LogP contribution < -0.4 is 9.62 Å². The number of pyridine rings is 1. The minimum absolute atomic E-state index is 0.0428. The number of hydrogen-bond acceptors (Lipinski definition) is 10. The summed E-state index contributed by atoms with van der Waals surface area (Å²) in [6.07, 6.45) is 1.87. The average molecular weight is 537 g/mol. The van der Waals surface area contributed by atoms with Gasteiger partial charge in [-0.2, -0.15) is 9.98 Å². The van der Waals surface area contributed by atoms with Gasteiger partial charge >= 0.3 is 0 Å². The Morgan fingerprint density at radius 2 is 2.14 bits per heavy atom. The number of nitriles is 1. The van der Waals surface area contributed by atoms with Crippen molar-refractivity contribution in [2.75, 3.05) is 37.9 Å². The molecule has 3 fully saturated rings. The summed E-state index contributed by atoms with van der Waals surface area (Å²) in [4.78, 5) is 8.83. The molecule has 0 unspecified atom stereocenters. The number of piperazine rings is 1. The fourth-order valence-electron chi connectivity index (χ4n) is 4.64. The molecular weight excluding hydrogens is 514 g/mol. The highest BCUT2D eigenvalue weighted by Crippen LogP contribution is 2.38. The third-order valence-corrected chi connectivity index (χ3v) is 9.27. The Balaban J connectivity index is 1.46. The Hall–Kier alpha value is -2.77. The van der Waals surface area contributed by atoms with Gasteiger partial charge < -0.3 is 9.64 Å². The van der Waals surface area contributed by atoms with Crippen molar-refractivity contribution in [2.45, 2.75) is 42.2 Å². The first-order valence-corrected chi connectivity index (χ1v) is 13.7. The van der Waals surface area contributed by atoms with Gasteiger partial charge in [-0.3, -0.25) is 9.30 Å². The summed E-state index contributed by atoms with van der Waals surface area (Å²) in [6.45, 7) is 3.26. The van der Waals surface area contributed by atoms with Gasteiger partial charge in [-0.1, -0.05) is 11.3 Å². The molecule has 1 saturated carbocycles. The summed E-state index contributed by atoms with van der Waals surface area (Å²) in [7, 11) is -4.06. The Morgan fingerprint density at radius 1 is 1.31 bits per heavy atom. The maximum atomic E-state index is 13.4. The van der Waals surface area contributed by atoms with Gasteiger partial charge in [-0.25, -0.2) is 22.2 Å². The van der Waals surface area contributed by atoms with E-state index in [1.165, 1.54) is 12.4 Å². The molecule has 1 atom stereocenters. The van der Waals surface area contributed by atoms with Crippen molar-refractivity contribution >= 4 is 32.7 Å². The number of sulfonamides is 1. The molecule has 1 aliphatic carbocycles. The normalized spacial score (nSPS) is 22.1. The van der Waals surface area contributed by atoms with E-state index in [2.05, 4.69) is 29.7 Å². The van der Waals surface area contributed by atoms with Crippen LogP contribution in [0.25, 0.3) is 16.3 Å². The predicted molar refractivity (Wildman–Crippen MR) is 125 cm³/mol. The van der Waals surface area contributed by atoms with Crippen molar-refractivity contribution in [3.63, 3.8) is 0 Å². The fraction of sp³-hybridized carbons (Fsp3) is 0.524. The van der Waals surface area contributed by atoms with E-state index in [1.807, 2.05) is 6.07 Å². The molecule has 0 radical (unpaired) electrons. The maximum absolute atomic E-state index is 13.4. The monoisotopic (exact) mass is 536 g/mol. The SMILES string of the molecule is N#CC1(NS(=O)(=O)c2cc(N3CCN4COCC[C@@H]4C3)c3ncc(-c4nnc(C(F)F)s4)n3c2)CC1. The molecule has 0 aromatic carbocycles. The van der Waals surface area contributed by atoms with Crippen LogP contribution in [0, 0.1) is 11.3 Å². The molecular formula is C21H22F2N8O3S2. The number of aromatic nitrogens is 4. The van der Waals surface area contributed by atoms with Crippen LogP contribution in [0.3, 0.4) is 0 Å². The molecule has 3 aromatic rings. The van der Waals surface area contributed by atoms with Gasteiger partial charge in [-0.05, 0) is 25.3 Å². The van der Waals surface area contributed by atoms with Crippen molar-refractivity contribution in [2.24, 2.45) is 0 Å². The van der Waals surface area contributed by atoms with Gasteiger partial charge in [0.2, 0.25) is 10.0 Å². The highest BCUT2D eigenvalue weighted by Gasteiger charge is 2.47. The van der Waals surface area contributed by atoms with E-state index in [4.69, 9.17) is 4.74 Å². The van der Waals surface area contributed by atoms with E-state index >= 15 is 0 Å². The second-order valence-electron chi connectivity index (χ2n) is 9.18. The third kappa shape index (κ3) is 4.12. The van der Waals surface area contributed by atoms with Crippen LogP contribution >= 0.6 is 11.3 Å². The van der Waals surface area contributed by atoms with Crippen LogP contribution in [0.4, 0.5) is 14.5 Å². The highest BCUT2D eigenvalue weighted by atomic mass is 32.2. The number of imidazole rings is 1. The van der Waals surface area contributed by atoms with Crippen molar-refractivity contribution in [1.82, 2.24) is 29.2 Å². The van der Waals surface area contributed by atoms with Gasteiger partial charge in [0.25, 0.3) is 6.43 Å². The summed E-state index contributed by atoms with van der Waals surface area (Å²) < 4.78 is 62.6. The molecule has 2 saturated heterocycles. The first-order chi connectivity index (χ1) is 17.3. The number of ether oxygens (including phenoxy) is 1. The number of alkyl halides is 2. The van der Waals surface area contributed by atoms with Crippen molar-refractivity contribution < 1.29 is 21.9 Å². The van der Waals surface area contributed by atoms with E-state index in [0.29, 0.717) is 56.3 Å². The maximum Gasteiger partial charge on any atom is 0.291 e. The van der Waals surface area contributed by atoms with Gasteiger partial charge in [0.1, 0.15) is 16.1 Å². The Bertz CT molecular complexity index is 1460. The van der Waals surface area contributed by atoms with Gasteiger partial charge in [0.15, 0.2) is 15.7 Å². The van der Waals surface area contributed by atoms with E-state index in [-0.39, 0.29) is 15.9 Å². The number of anilines is 1. The first kappa shape index (κ1) is 23.6. The minimum Gasteiger partial charge on any atom is -0.366 e.